The zero-order valence-electron chi connectivity index (χ0n) is 18.6. The molecule has 0 atom stereocenters. The maximum Gasteiger partial charge on any atom is 0.251 e. The first kappa shape index (κ1) is 24.2. The molecule has 0 fully saturated rings. The summed E-state index contributed by atoms with van der Waals surface area (Å²) in [6, 6.07) is 14.4. The van der Waals surface area contributed by atoms with Crippen LogP contribution in [0.15, 0.2) is 48.5 Å². The van der Waals surface area contributed by atoms with E-state index in [9.17, 15) is 9.59 Å². The number of ether oxygens (including phenoxy) is 2. The lowest BCUT2D eigenvalue weighted by atomic mass is 10.1. The maximum atomic E-state index is 12.2. The Morgan fingerprint density at radius 2 is 1.61 bits per heavy atom. The summed E-state index contributed by atoms with van der Waals surface area (Å²) < 4.78 is 10.6. The van der Waals surface area contributed by atoms with Gasteiger partial charge in [-0.15, -0.1) is 0 Å². The van der Waals surface area contributed by atoms with Crippen molar-refractivity contribution < 1.29 is 19.1 Å². The molecule has 0 aliphatic carbocycles. The van der Waals surface area contributed by atoms with Gasteiger partial charge in [-0.2, -0.15) is 0 Å². The number of hydrogen-bond donors (Lipinski definition) is 3. The van der Waals surface area contributed by atoms with Crippen LogP contribution in [0.2, 0.25) is 0 Å². The summed E-state index contributed by atoms with van der Waals surface area (Å²) in [6.45, 7) is 6.30. The fourth-order valence-corrected chi connectivity index (χ4v) is 2.69. The fraction of sp³-hybridized carbons (Fsp3) is 0.417. The molecule has 2 aromatic rings. The molecule has 0 aromatic heterocycles. The summed E-state index contributed by atoms with van der Waals surface area (Å²) in [5, 5.41) is 8.74. The number of rotatable bonds is 13. The van der Waals surface area contributed by atoms with E-state index < -0.39 is 0 Å². The molecule has 0 saturated heterocycles. The highest BCUT2D eigenvalue weighted by atomic mass is 16.5. The maximum absolute atomic E-state index is 12.2. The molecule has 31 heavy (non-hydrogen) atoms. The van der Waals surface area contributed by atoms with Crippen molar-refractivity contribution >= 4 is 23.2 Å². The van der Waals surface area contributed by atoms with Crippen LogP contribution in [-0.4, -0.2) is 45.2 Å². The Balaban J connectivity index is 1.72. The monoisotopic (exact) mass is 427 g/mol. The van der Waals surface area contributed by atoms with Gasteiger partial charge in [0.05, 0.1) is 13.2 Å². The third-order valence-corrected chi connectivity index (χ3v) is 4.51. The van der Waals surface area contributed by atoms with Crippen molar-refractivity contribution in [2.45, 2.75) is 26.7 Å². The molecule has 0 radical (unpaired) electrons. The Bertz CT molecular complexity index is 805. The summed E-state index contributed by atoms with van der Waals surface area (Å²) in [7, 11) is 1.63. The van der Waals surface area contributed by atoms with E-state index >= 15 is 0 Å². The molecule has 2 rings (SSSR count). The standard InChI is InChI=1S/C24H33N3O4/c1-18(2)13-16-31-22-11-9-21(10-12-22)27-23(28)17-26-20-7-5-19(6-8-20)24(29)25-14-4-15-30-3/h5-12,18,26H,4,13-17H2,1-3H3,(H,25,29)(H,27,28). The van der Waals surface area contributed by atoms with Gasteiger partial charge in [-0.3, -0.25) is 9.59 Å². The van der Waals surface area contributed by atoms with Crippen LogP contribution in [0.25, 0.3) is 0 Å². The summed E-state index contributed by atoms with van der Waals surface area (Å²) >= 11 is 0. The normalized spacial score (nSPS) is 10.6. The molecule has 7 nitrogen and oxygen atoms in total. The van der Waals surface area contributed by atoms with E-state index in [0.29, 0.717) is 36.9 Å². The Labute approximate surface area is 184 Å². The molecule has 2 aromatic carbocycles. The molecule has 0 saturated carbocycles. The highest BCUT2D eigenvalue weighted by Gasteiger charge is 2.06. The van der Waals surface area contributed by atoms with Crippen molar-refractivity contribution in [3.05, 3.63) is 54.1 Å². The molecular formula is C24H33N3O4. The largest absolute Gasteiger partial charge is 0.494 e. The minimum absolute atomic E-state index is 0.120. The molecule has 0 unspecified atom stereocenters. The van der Waals surface area contributed by atoms with Crippen LogP contribution in [0.4, 0.5) is 11.4 Å². The number of methoxy groups -OCH3 is 1. The summed E-state index contributed by atoms with van der Waals surface area (Å²) in [5.74, 6) is 1.11. The number of anilines is 2. The molecule has 3 N–H and O–H groups in total. The van der Waals surface area contributed by atoms with Crippen LogP contribution in [-0.2, 0) is 9.53 Å². The van der Waals surface area contributed by atoms with Crippen molar-refractivity contribution in [2.75, 3.05) is 44.0 Å². The summed E-state index contributed by atoms with van der Waals surface area (Å²) in [6.07, 6.45) is 1.77. The molecule has 0 spiro atoms. The zero-order valence-corrected chi connectivity index (χ0v) is 18.6. The third-order valence-electron chi connectivity index (χ3n) is 4.51. The van der Waals surface area contributed by atoms with Crippen molar-refractivity contribution in [3.63, 3.8) is 0 Å². The molecule has 0 heterocycles. The Morgan fingerprint density at radius 3 is 2.26 bits per heavy atom. The first-order chi connectivity index (χ1) is 15.0. The van der Waals surface area contributed by atoms with Gasteiger partial charge in [0, 0.05) is 37.2 Å². The number of benzene rings is 2. The summed E-state index contributed by atoms with van der Waals surface area (Å²) in [4.78, 5) is 24.2. The van der Waals surface area contributed by atoms with Crippen LogP contribution in [0.1, 0.15) is 37.0 Å². The van der Waals surface area contributed by atoms with Crippen molar-refractivity contribution in [1.29, 1.82) is 0 Å². The number of carbonyl (C=O) groups is 2. The van der Waals surface area contributed by atoms with E-state index in [0.717, 1.165) is 24.3 Å². The van der Waals surface area contributed by atoms with Crippen LogP contribution in [0.5, 0.6) is 5.75 Å². The van der Waals surface area contributed by atoms with E-state index in [-0.39, 0.29) is 18.4 Å². The van der Waals surface area contributed by atoms with Gasteiger partial charge in [-0.1, -0.05) is 13.8 Å². The molecule has 2 amide bonds. The molecule has 0 aliphatic rings. The van der Waals surface area contributed by atoms with Gasteiger partial charge in [-0.05, 0) is 67.3 Å². The van der Waals surface area contributed by atoms with E-state index in [1.54, 1.807) is 31.4 Å². The second-order valence-electron chi connectivity index (χ2n) is 7.64. The van der Waals surface area contributed by atoms with E-state index in [1.807, 2.05) is 24.3 Å². The third kappa shape index (κ3) is 9.53. The topological polar surface area (TPSA) is 88.7 Å². The molecule has 0 aliphatic heterocycles. The van der Waals surface area contributed by atoms with Crippen LogP contribution in [0, 0.1) is 5.92 Å². The minimum atomic E-state index is -0.159. The van der Waals surface area contributed by atoms with Crippen molar-refractivity contribution in [2.24, 2.45) is 5.92 Å². The molecule has 168 valence electrons. The lowest BCUT2D eigenvalue weighted by Crippen LogP contribution is -2.25. The quantitative estimate of drug-likeness (QED) is 0.422. The Hall–Kier alpha value is -3.06. The SMILES string of the molecule is COCCCNC(=O)c1ccc(NCC(=O)Nc2ccc(OCCC(C)C)cc2)cc1. The first-order valence-corrected chi connectivity index (χ1v) is 10.6. The lowest BCUT2D eigenvalue weighted by Gasteiger charge is -2.10. The predicted octanol–water partition coefficient (Wildman–Crippen LogP) is 3.93. The van der Waals surface area contributed by atoms with Gasteiger partial charge in [0.1, 0.15) is 5.75 Å². The van der Waals surface area contributed by atoms with Gasteiger partial charge in [0.25, 0.3) is 5.91 Å². The van der Waals surface area contributed by atoms with Gasteiger partial charge >= 0.3 is 0 Å². The van der Waals surface area contributed by atoms with Gasteiger partial charge in [-0.25, -0.2) is 0 Å². The number of nitrogens with one attached hydrogen (secondary N) is 3. The lowest BCUT2D eigenvalue weighted by molar-refractivity contribution is -0.114. The van der Waals surface area contributed by atoms with Gasteiger partial charge < -0.3 is 25.4 Å². The average Bonchev–Trinajstić information content (AvgIpc) is 2.76. The average molecular weight is 428 g/mol. The zero-order chi connectivity index (χ0) is 22.5. The summed E-state index contributed by atoms with van der Waals surface area (Å²) in [5.41, 5.74) is 2.05. The Morgan fingerprint density at radius 1 is 0.935 bits per heavy atom. The second kappa shape index (κ2) is 13.3. The molecule has 0 bridgehead atoms. The van der Waals surface area contributed by atoms with Crippen LogP contribution < -0.4 is 20.7 Å². The molecule has 7 heteroatoms. The highest BCUT2D eigenvalue weighted by Crippen LogP contribution is 2.16. The fourth-order valence-electron chi connectivity index (χ4n) is 2.69. The number of amides is 2. The van der Waals surface area contributed by atoms with Crippen LogP contribution >= 0.6 is 0 Å². The number of carbonyl (C=O) groups excluding carboxylic acids is 2. The first-order valence-electron chi connectivity index (χ1n) is 10.6. The van der Waals surface area contributed by atoms with E-state index in [1.165, 1.54) is 0 Å². The smallest absolute Gasteiger partial charge is 0.251 e. The number of hydrogen-bond acceptors (Lipinski definition) is 5. The Kier molecular flexibility index (Phi) is 10.4. The highest BCUT2D eigenvalue weighted by molar-refractivity contribution is 5.95. The predicted molar refractivity (Wildman–Crippen MR) is 124 cm³/mol. The van der Waals surface area contributed by atoms with Crippen molar-refractivity contribution in [1.82, 2.24) is 5.32 Å². The minimum Gasteiger partial charge on any atom is -0.494 e. The van der Waals surface area contributed by atoms with Crippen LogP contribution in [0.3, 0.4) is 0 Å². The second-order valence-corrected chi connectivity index (χ2v) is 7.64. The van der Waals surface area contributed by atoms with E-state index in [4.69, 9.17) is 9.47 Å². The van der Waals surface area contributed by atoms with Crippen molar-refractivity contribution in [3.8, 4) is 5.75 Å². The van der Waals surface area contributed by atoms with Gasteiger partial charge in [0.2, 0.25) is 5.91 Å². The molecular weight excluding hydrogens is 394 g/mol. The van der Waals surface area contributed by atoms with E-state index in [2.05, 4.69) is 29.8 Å². The van der Waals surface area contributed by atoms with Gasteiger partial charge in [0.15, 0.2) is 0 Å².